The second-order valence-electron chi connectivity index (χ2n) is 6.81. The number of nitrogens with zero attached hydrogens (tertiary/aromatic N) is 1. The van der Waals surface area contributed by atoms with Crippen LogP contribution in [0.2, 0.25) is 0 Å². The first-order chi connectivity index (χ1) is 14.0. The lowest BCUT2D eigenvalue weighted by Gasteiger charge is -2.37. The fourth-order valence-electron chi connectivity index (χ4n) is 3.69. The molecule has 29 heavy (non-hydrogen) atoms. The maximum absolute atomic E-state index is 14.0. The van der Waals surface area contributed by atoms with Crippen LogP contribution in [0, 0.1) is 5.82 Å². The van der Waals surface area contributed by atoms with E-state index in [1.807, 2.05) is 6.07 Å². The van der Waals surface area contributed by atoms with Crippen LogP contribution in [-0.2, 0) is 27.2 Å². The smallest absolute Gasteiger partial charge is 0.307 e. The van der Waals surface area contributed by atoms with Gasteiger partial charge in [0.2, 0.25) is 5.91 Å². The predicted molar refractivity (Wildman–Crippen MR) is 104 cm³/mol. The zero-order valence-corrected chi connectivity index (χ0v) is 16.7. The number of rotatable bonds is 6. The predicted octanol–water partition coefficient (Wildman–Crippen LogP) is 3.07. The number of hydrogen-bond donors (Lipinski definition) is 0. The van der Waals surface area contributed by atoms with Crippen LogP contribution in [0.25, 0.3) is 0 Å². The van der Waals surface area contributed by atoms with Gasteiger partial charge in [0.15, 0.2) is 11.5 Å². The molecule has 1 aliphatic heterocycles. The molecule has 6 nitrogen and oxygen atoms in total. The molecule has 0 aromatic heterocycles. The van der Waals surface area contributed by atoms with Crippen LogP contribution in [0.3, 0.4) is 0 Å². The highest BCUT2D eigenvalue weighted by Gasteiger charge is 2.34. The first kappa shape index (κ1) is 20.6. The molecular formula is C22H24FNO5. The Labute approximate surface area is 169 Å². The van der Waals surface area contributed by atoms with Crippen LogP contribution in [0.4, 0.5) is 4.39 Å². The van der Waals surface area contributed by atoms with Crippen molar-refractivity contribution in [2.45, 2.75) is 25.3 Å². The number of ether oxygens (including phenoxy) is 3. The molecule has 0 fully saturated rings. The Morgan fingerprint density at radius 1 is 1.10 bits per heavy atom. The first-order valence-electron chi connectivity index (χ1n) is 9.33. The van der Waals surface area contributed by atoms with Crippen LogP contribution in [0.15, 0.2) is 36.4 Å². The summed E-state index contributed by atoms with van der Waals surface area (Å²) in [5.41, 5.74) is 2.11. The van der Waals surface area contributed by atoms with Crippen molar-refractivity contribution in [3.63, 3.8) is 0 Å². The Kier molecular flexibility index (Phi) is 6.36. The third kappa shape index (κ3) is 4.34. The van der Waals surface area contributed by atoms with Crippen molar-refractivity contribution in [1.82, 2.24) is 4.90 Å². The van der Waals surface area contributed by atoms with E-state index in [9.17, 15) is 14.0 Å². The summed E-state index contributed by atoms with van der Waals surface area (Å²) in [7, 11) is 4.40. The van der Waals surface area contributed by atoms with Crippen molar-refractivity contribution in [3.8, 4) is 11.5 Å². The fraction of sp³-hybridized carbons (Fsp3) is 0.364. The second-order valence-corrected chi connectivity index (χ2v) is 6.81. The fourth-order valence-corrected chi connectivity index (χ4v) is 3.69. The minimum Gasteiger partial charge on any atom is -0.493 e. The first-order valence-corrected chi connectivity index (χ1v) is 9.33. The van der Waals surface area contributed by atoms with Gasteiger partial charge in [0.25, 0.3) is 0 Å². The summed E-state index contributed by atoms with van der Waals surface area (Å²) in [6, 6.07) is 9.35. The van der Waals surface area contributed by atoms with Crippen molar-refractivity contribution in [1.29, 1.82) is 0 Å². The second kappa shape index (κ2) is 8.94. The van der Waals surface area contributed by atoms with Crippen molar-refractivity contribution >= 4 is 11.9 Å². The number of esters is 1. The van der Waals surface area contributed by atoms with Crippen molar-refractivity contribution in [3.05, 3.63) is 58.9 Å². The highest BCUT2D eigenvalue weighted by atomic mass is 19.1. The molecule has 0 aliphatic carbocycles. The van der Waals surface area contributed by atoms with E-state index in [0.717, 1.165) is 11.1 Å². The van der Waals surface area contributed by atoms with E-state index >= 15 is 0 Å². The van der Waals surface area contributed by atoms with E-state index in [1.54, 1.807) is 36.3 Å². The minimum atomic E-state index is -0.523. The van der Waals surface area contributed by atoms with Gasteiger partial charge in [0, 0.05) is 6.54 Å². The van der Waals surface area contributed by atoms with Gasteiger partial charge in [-0.2, -0.15) is 0 Å². The molecule has 0 N–H and O–H groups in total. The maximum Gasteiger partial charge on any atom is 0.307 e. The molecule has 2 aromatic carbocycles. The molecule has 0 unspecified atom stereocenters. The van der Waals surface area contributed by atoms with Crippen LogP contribution in [0.1, 0.15) is 29.2 Å². The summed E-state index contributed by atoms with van der Waals surface area (Å²) < 4.78 is 29.6. The molecule has 0 bridgehead atoms. The minimum absolute atomic E-state index is 0.00198. The molecule has 0 spiro atoms. The van der Waals surface area contributed by atoms with Gasteiger partial charge < -0.3 is 19.1 Å². The van der Waals surface area contributed by atoms with Gasteiger partial charge in [0.1, 0.15) is 5.82 Å². The van der Waals surface area contributed by atoms with Gasteiger partial charge in [-0.05, 0) is 41.3 Å². The number of carbonyl (C=O) groups excluding carboxylic acids is 2. The topological polar surface area (TPSA) is 65.1 Å². The van der Waals surface area contributed by atoms with E-state index < -0.39 is 17.8 Å². The van der Waals surface area contributed by atoms with E-state index in [0.29, 0.717) is 30.0 Å². The van der Waals surface area contributed by atoms with E-state index in [-0.39, 0.29) is 18.7 Å². The van der Waals surface area contributed by atoms with Gasteiger partial charge in [-0.1, -0.05) is 18.2 Å². The summed E-state index contributed by atoms with van der Waals surface area (Å²) >= 11 is 0. The Bertz CT molecular complexity index is 914. The molecule has 0 saturated heterocycles. The number of methoxy groups -OCH3 is 3. The monoisotopic (exact) mass is 401 g/mol. The summed E-state index contributed by atoms with van der Waals surface area (Å²) in [5, 5.41) is 0. The maximum atomic E-state index is 14.0. The van der Waals surface area contributed by atoms with Crippen LogP contribution in [0.5, 0.6) is 11.5 Å². The molecule has 1 aliphatic rings. The van der Waals surface area contributed by atoms with Crippen LogP contribution in [-0.4, -0.2) is 44.7 Å². The number of benzene rings is 2. The average Bonchev–Trinajstić information content (AvgIpc) is 2.74. The average molecular weight is 401 g/mol. The summed E-state index contributed by atoms with van der Waals surface area (Å²) in [4.78, 5) is 26.7. The normalized spacial score (nSPS) is 15.4. The summed E-state index contributed by atoms with van der Waals surface area (Å²) in [5.74, 6) is 0.0127. The van der Waals surface area contributed by atoms with E-state index in [4.69, 9.17) is 14.2 Å². The van der Waals surface area contributed by atoms with Crippen molar-refractivity contribution < 1.29 is 28.2 Å². The molecule has 7 heteroatoms. The Morgan fingerprint density at radius 3 is 2.45 bits per heavy atom. The zero-order chi connectivity index (χ0) is 21.0. The third-order valence-corrected chi connectivity index (χ3v) is 5.21. The quantitative estimate of drug-likeness (QED) is 0.696. The summed E-state index contributed by atoms with van der Waals surface area (Å²) in [6.45, 7) is 0.414. The number of amides is 1. The van der Waals surface area contributed by atoms with Crippen LogP contribution < -0.4 is 9.47 Å². The number of carbonyl (C=O) groups is 2. The lowest BCUT2D eigenvalue weighted by Crippen LogP contribution is -2.42. The lowest BCUT2D eigenvalue weighted by molar-refractivity contribution is -0.144. The highest BCUT2D eigenvalue weighted by molar-refractivity contribution is 5.81. The van der Waals surface area contributed by atoms with Gasteiger partial charge in [-0.3, -0.25) is 9.59 Å². The lowest BCUT2D eigenvalue weighted by atomic mass is 9.89. The molecule has 154 valence electrons. The molecular weight excluding hydrogens is 377 g/mol. The largest absolute Gasteiger partial charge is 0.493 e. The number of halogens is 1. The molecule has 0 radical (unpaired) electrons. The van der Waals surface area contributed by atoms with Gasteiger partial charge >= 0.3 is 5.97 Å². The van der Waals surface area contributed by atoms with Gasteiger partial charge in [-0.25, -0.2) is 4.39 Å². The Hall–Kier alpha value is -3.09. The molecule has 0 saturated carbocycles. The van der Waals surface area contributed by atoms with Gasteiger partial charge in [0.05, 0.1) is 40.2 Å². The molecule has 2 aromatic rings. The van der Waals surface area contributed by atoms with Crippen LogP contribution >= 0.6 is 0 Å². The standard InChI is InChI=1S/C22H24FNO5/c1-27-19-10-14-8-9-24(21(25)11-15-6-4-5-7-17(15)23)18(13-22(26)29-3)16(14)12-20(19)28-2/h4-7,10,12,18H,8-9,11,13H2,1-3H3/t18-/m0/s1. The van der Waals surface area contributed by atoms with E-state index in [1.165, 1.54) is 20.3 Å². The molecule has 1 heterocycles. The molecule has 3 rings (SSSR count). The van der Waals surface area contributed by atoms with Crippen molar-refractivity contribution in [2.24, 2.45) is 0 Å². The highest BCUT2D eigenvalue weighted by Crippen LogP contribution is 2.39. The third-order valence-electron chi connectivity index (χ3n) is 5.21. The Balaban J connectivity index is 1.96. The number of hydrogen-bond acceptors (Lipinski definition) is 5. The Morgan fingerprint density at radius 2 is 1.79 bits per heavy atom. The van der Waals surface area contributed by atoms with E-state index in [2.05, 4.69) is 0 Å². The summed E-state index contributed by atoms with van der Waals surface area (Å²) in [6.07, 6.45) is 0.519. The number of fused-ring (bicyclic) bond motifs is 1. The molecule has 1 amide bonds. The van der Waals surface area contributed by atoms with Crippen molar-refractivity contribution in [2.75, 3.05) is 27.9 Å². The molecule has 1 atom stereocenters. The van der Waals surface area contributed by atoms with Gasteiger partial charge in [-0.15, -0.1) is 0 Å². The SMILES string of the molecule is COC(=O)C[C@H]1c2cc(OC)c(OC)cc2CCN1C(=O)Cc1ccccc1F. The zero-order valence-electron chi connectivity index (χ0n) is 16.7.